The van der Waals surface area contributed by atoms with Gasteiger partial charge in [0.2, 0.25) is 0 Å². The van der Waals surface area contributed by atoms with Crippen LogP contribution in [0.2, 0.25) is 0 Å². The van der Waals surface area contributed by atoms with Gasteiger partial charge in [-0.15, -0.1) is 24.0 Å². The number of pyridine rings is 1. The average molecular weight is 465 g/mol. The van der Waals surface area contributed by atoms with Gasteiger partial charge in [-0.3, -0.25) is 4.99 Å². The summed E-state index contributed by atoms with van der Waals surface area (Å²) in [6, 6.07) is 14.1. The molecule has 0 radical (unpaired) electrons. The quantitative estimate of drug-likeness (QED) is 0.346. The monoisotopic (exact) mass is 465 g/mol. The fourth-order valence-electron chi connectivity index (χ4n) is 2.61. The topological polar surface area (TPSA) is 63.0 Å². The molecule has 2 heterocycles. The van der Waals surface area contributed by atoms with Gasteiger partial charge in [0.05, 0.1) is 19.3 Å². The van der Waals surface area contributed by atoms with Crippen molar-refractivity contribution in [3.05, 3.63) is 65.6 Å². The molecule has 2 aromatic heterocycles. The highest BCUT2D eigenvalue weighted by Crippen LogP contribution is 2.11. The van der Waals surface area contributed by atoms with Gasteiger partial charge in [0.15, 0.2) is 5.96 Å². The number of hydrogen-bond acceptors (Lipinski definition) is 3. The minimum Gasteiger partial charge on any atom is -0.497 e. The Hall–Kier alpha value is -2.29. The van der Waals surface area contributed by atoms with Crippen LogP contribution in [0.25, 0.3) is 5.65 Å². The molecule has 3 aromatic rings. The first-order valence-electron chi connectivity index (χ1n) is 8.20. The number of aromatic nitrogens is 2. The highest BCUT2D eigenvalue weighted by Gasteiger charge is 2.04. The molecule has 2 N–H and O–H groups in total. The van der Waals surface area contributed by atoms with E-state index < -0.39 is 0 Å². The van der Waals surface area contributed by atoms with Crippen molar-refractivity contribution in [3.63, 3.8) is 0 Å². The van der Waals surface area contributed by atoms with E-state index in [0.29, 0.717) is 13.1 Å². The van der Waals surface area contributed by atoms with Crippen LogP contribution in [0.3, 0.4) is 0 Å². The Morgan fingerprint density at radius 2 is 1.85 bits per heavy atom. The Morgan fingerprint density at radius 1 is 1.12 bits per heavy atom. The molecule has 0 saturated heterocycles. The number of nitrogens with one attached hydrogen (secondary N) is 2. The van der Waals surface area contributed by atoms with Crippen LogP contribution in [0.15, 0.2) is 53.7 Å². The zero-order valence-corrected chi connectivity index (χ0v) is 17.5. The SMILES string of the molecule is CN=C(NCc1ccc(OC)cc1)NCc1cn2c(C)cccc2n1.I. The minimum absolute atomic E-state index is 0. The Morgan fingerprint density at radius 3 is 2.50 bits per heavy atom. The third kappa shape index (κ3) is 4.87. The Labute approximate surface area is 170 Å². The predicted molar refractivity (Wildman–Crippen MR) is 115 cm³/mol. The van der Waals surface area contributed by atoms with E-state index in [1.165, 1.54) is 5.69 Å². The van der Waals surface area contributed by atoms with Crippen molar-refractivity contribution in [1.29, 1.82) is 0 Å². The lowest BCUT2D eigenvalue weighted by Gasteiger charge is -2.11. The summed E-state index contributed by atoms with van der Waals surface area (Å²) >= 11 is 0. The lowest BCUT2D eigenvalue weighted by atomic mass is 10.2. The van der Waals surface area contributed by atoms with Crippen molar-refractivity contribution < 1.29 is 4.74 Å². The number of benzene rings is 1. The number of hydrogen-bond donors (Lipinski definition) is 2. The molecule has 0 saturated carbocycles. The lowest BCUT2D eigenvalue weighted by Crippen LogP contribution is -2.36. The molecule has 0 aliphatic carbocycles. The fourth-order valence-corrected chi connectivity index (χ4v) is 2.61. The first-order valence-corrected chi connectivity index (χ1v) is 8.20. The number of halogens is 1. The van der Waals surface area contributed by atoms with Gasteiger partial charge >= 0.3 is 0 Å². The van der Waals surface area contributed by atoms with E-state index in [1.54, 1.807) is 14.2 Å². The Balaban J connectivity index is 0.00000243. The first kappa shape index (κ1) is 20.0. The maximum absolute atomic E-state index is 5.17. The van der Waals surface area contributed by atoms with Crippen LogP contribution in [0, 0.1) is 6.92 Å². The summed E-state index contributed by atoms with van der Waals surface area (Å²) in [6.45, 7) is 3.37. The van der Waals surface area contributed by atoms with Gasteiger partial charge in [0.25, 0.3) is 0 Å². The van der Waals surface area contributed by atoms with Crippen LogP contribution in [-0.2, 0) is 13.1 Å². The number of aryl methyl sites for hydroxylation is 1. The summed E-state index contributed by atoms with van der Waals surface area (Å²) in [6.07, 6.45) is 2.05. The van der Waals surface area contributed by atoms with E-state index in [2.05, 4.69) is 44.2 Å². The van der Waals surface area contributed by atoms with Crippen molar-refractivity contribution in [2.45, 2.75) is 20.0 Å². The normalized spacial score (nSPS) is 11.1. The molecule has 0 unspecified atom stereocenters. The van der Waals surface area contributed by atoms with Crippen LogP contribution < -0.4 is 15.4 Å². The molecule has 0 bridgehead atoms. The number of guanidine groups is 1. The van der Waals surface area contributed by atoms with Crippen molar-refractivity contribution in [2.24, 2.45) is 4.99 Å². The standard InChI is InChI=1S/C19H23N5O.HI/c1-14-5-4-6-18-23-16(13-24(14)18)12-22-19(20-2)21-11-15-7-9-17(25-3)10-8-15;/h4-10,13H,11-12H2,1-3H3,(H2,20,21,22);1H. The van der Waals surface area contributed by atoms with Crippen LogP contribution in [0.1, 0.15) is 17.0 Å². The van der Waals surface area contributed by atoms with Crippen molar-refractivity contribution in [2.75, 3.05) is 14.2 Å². The van der Waals surface area contributed by atoms with Crippen LogP contribution in [0.5, 0.6) is 5.75 Å². The number of nitrogens with zero attached hydrogens (tertiary/aromatic N) is 3. The second-order valence-electron chi connectivity index (χ2n) is 5.76. The molecular formula is C19H24IN5O. The van der Waals surface area contributed by atoms with E-state index in [-0.39, 0.29) is 24.0 Å². The summed E-state index contributed by atoms with van der Waals surface area (Å²) < 4.78 is 7.26. The molecule has 0 atom stereocenters. The number of rotatable bonds is 5. The van der Waals surface area contributed by atoms with Gasteiger partial charge < -0.3 is 19.8 Å². The van der Waals surface area contributed by atoms with Crippen molar-refractivity contribution in [3.8, 4) is 5.75 Å². The van der Waals surface area contributed by atoms with Crippen LogP contribution in [-0.4, -0.2) is 29.5 Å². The van der Waals surface area contributed by atoms with Gasteiger partial charge in [-0.25, -0.2) is 4.98 Å². The van der Waals surface area contributed by atoms with Crippen LogP contribution in [0.4, 0.5) is 0 Å². The van der Waals surface area contributed by atoms with E-state index in [9.17, 15) is 0 Å². The fraction of sp³-hybridized carbons (Fsp3) is 0.263. The highest BCUT2D eigenvalue weighted by molar-refractivity contribution is 14.0. The molecule has 0 spiro atoms. The molecule has 0 amide bonds. The van der Waals surface area contributed by atoms with Gasteiger partial charge in [-0.2, -0.15) is 0 Å². The van der Waals surface area contributed by atoms with Gasteiger partial charge in [-0.1, -0.05) is 18.2 Å². The summed E-state index contributed by atoms with van der Waals surface area (Å²) in [5.41, 5.74) is 4.25. The predicted octanol–water partition coefficient (Wildman–Crippen LogP) is 3.13. The second kappa shape index (κ2) is 9.42. The summed E-state index contributed by atoms with van der Waals surface area (Å²) in [5.74, 6) is 1.60. The molecule has 0 fully saturated rings. The number of ether oxygens (including phenoxy) is 1. The first-order chi connectivity index (χ1) is 12.2. The average Bonchev–Trinajstić information content (AvgIpc) is 3.07. The zero-order chi connectivity index (χ0) is 17.6. The van der Waals surface area contributed by atoms with E-state index in [4.69, 9.17) is 4.74 Å². The molecule has 7 heteroatoms. The largest absolute Gasteiger partial charge is 0.497 e. The molecule has 3 rings (SSSR count). The summed E-state index contributed by atoms with van der Waals surface area (Å²) in [5, 5.41) is 6.60. The van der Waals surface area contributed by atoms with E-state index in [0.717, 1.165) is 28.6 Å². The maximum atomic E-state index is 5.17. The van der Waals surface area contributed by atoms with E-state index in [1.807, 2.05) is 36.4 Å². The number of imidazole rings is 1. The number of fused-ring (bicyclic) bond motifs is 1. The third-order valence-electron chi connectivity index (χ3n) is 4.03. The minimum atomic E-state index is 0. The molecule has 0 aliphatic rings. The smallest absolute Gasteiger partial charge is 0.191 e. The summed E-state index contributed by atoms with van der Waals surface area (Å²) in [4.78, 5) is 8.88. The highest BCUT2D eigenvalue weighted by atomic mass is 127. The summed E-state index contributed by atoms with van der Waals surface area (Å²) in [7, 11) is 3.43. The van der Waals surface area contributed by atoms with Gasteiger partial charge in [0, 0.05) is 25.5 Å². The molecular weight excluding hydrogens is 441 g/mol. The molecule has 1 aromatic carbocycles. The zero-order valence-electron chi connectivity index (χ0n) is 15.2. The lowest BCUT2D eigenvalue weighted by molar-refractivity contribution is 0.414. The molecule has 26 heavy (non-hydrogen) atoms. The molecule has 6 nitrogen and oxygen atoms in total. The maximum Gasteiger partial charge on any atom is 0.191 e. The van der Waals surface area contributed by atoms with Crippen molar-refractivity contribution >= 4 is 35.6 Å². The Kier molecular flexibility index (Phi) is 7.26. The second-order valence-corrected chi connectivity index (χ2v) is 5.76. The van der Waals surface area contributed by atoms with E-state index >= 15 is 0 Å². The van der Waals surface area contributed by atoms with Gasteiger partial charge in [-0.05, 0) is 36.8 Å². The number of methoxy groups -OCH3 is 1. The van der Waals surface area contributed by atoms with Crippen molar-refractivity contribution in [1.82, 2.24) is 20.0 Å². The molecule has 138 valence electrons. The van der Waals surface area contributed by atoms with Crippen LogP contribution >= 0.6 is 24.0 Å². The number of aliphatic imine (C=N–C) groups is 1. The van der Waals surface area contributed by atoms with Gasteiger partial charge in [0.1, 0.15) is 11.4 Å². The third-order valence-corrected chi connectivity index (χ3v) is 4.03. The Bertz CT molecular complexity index is 873. The molecule has 0 aliphatic heterocycles.